The van der Waals surface area contributed by atoms with Crippen molar-refractivity contribution in [2.24, 2.45) is 22.2 Å². The molecule has 0 rings (SSSR count). The number of ether oxygens (including phenoxy) is 1. The summed E-state index contributed by atoms with van der Waals surface area (Å²) in [6.45, 7) is 1.54. The van der Waals surface area contributed by atoms with Gasteiger partial charge in [0.05, 0.1) is 0 Å². The minimum atomic E-state index is -0.817. The van der Waals surface area contributed by atoms with E-state index >= 15 is 0 Å². The smallest absolute Gasteiger partial charge is 1.00 e. The number of nitrogens with two attached hydrogens (primary N) is 3. The first-order chi connectivity index (χ1) is 6.93. The molecule has 0 fully saturated rings. The average molecular weight is 240 g/mol. The number of guanidine groups is 1. The molecule has 0 aromatic carbocycles. The van der Waals surface area contributed by atoms with E-state index in [9.17, 15) is 9.59 Å². The van der Waals surface area contributed by atoms with Gasteiger partial charge in [0, 0.05) is 13.5 Å². The first kappa shape index (κ1) is 17.8. The molecule has 0 aromatic rings. The maximum Gasteiger partial charge on any atom is 1.00 e. The molecule has 16 heavy (non-hydrogen) atoms. The van der Waals surface area contributed by atoms with Crippen LogP contribution in [0.25, 0.3) is 0 Å². The Labute approximate surface area is 118 Å². The maximum absolute atomic E-state index is 11.0. The number of rotatable bonds is 5. The Bertz CT molecular complexity index is 271. The summed E-state index contributed by atoms with van der Waals surface area (Å²) >= 11 is 0. The van der Waals surface area contributed by atoms with E-state index in [1.807, 2.05) is 0 Å². The fraction of sp³-hybridized carbons (Fsp3) is 0.625. The van der Waals surface area contributed by atoms with Crippen LogP contribution in [0.1, 0.15) is 21.2 Å². The van der Waals surface area contributed by atoms with E-state index in [1.165, 1.54) is 0 Å². The molecule has 0 unspecified atom stereocenters. The molecule has 0 aliphatic heterocycles. The van der Waals surface area contributed by atoms with Gasteiger partial charge in [0.15, 0.2) is 5.96 Å². The summed E-state index contributed by atoms with van der Waals surface area (Å²) in [6, 6.07) is -0.817. The molecule has 0 heterocycles. The number of hydrogen-bond donors (Lipinski definition) is 3. The minimum Gasteiger partial charge on any atom is -1.00 e. The van der Waals surface area contributed by atoms with Crippen molar-refractivity contribution in [2.75, 3.05) is 6.54 Å². The van der Waals surface area contributed by atoms with E-state index in [1.54, 1.807) is 0 Å². The van der Waals surface area contributed by atoms with Gasteiger partial charge in [0.25, 0.3) is 0 Å². The normalized spacial score (nSPS) is 10.9. The molecule has 0 bridgehead atoms. The quantitative estimate of drug-likeness (QED) is 0.111. The SMILES string of the molecule is CC(=O)OC(=O)[C@@H](N)CCCN=C(N)N.[H-].[Na+]. The van der Waals surface area contributed by atoms with Gasteiger partial charge in [-0.05, 0) is 12.8 Å². The average Bonchev–Trinajstić information content (AvgIpc) is 2.10. The molecule has 0 radical (unpaired) electrons. The standard InChI is InChI=1S/C8H16N4O3.Na.H/c1-5(13)15-7(14)6(9)3-2-4-12-8(10)11;;/h6H,2-4,9H2,1H3,(H4,10,11,12);;/q;+1;-1/t6-;;/m0../s1. The van der Waals surface area contributed by atoms with Gasteiger partial charge in [-0.2, -0.15) is 0 Å². The van der Waals surface area contributed by atoms with Crippen LogP contribution in [0.3, 0.4) is 0 Å². The topological polar surface area (TPSA) is 134 Å². The molecule has 8 heteroatoms. The Balaban J connectivity index is -0.000000980. The van der Waals surface area contributed by atoms with E-state index in [4.69, 9.17) is 17.2 Å². The van der Waals surface area contributed by atoms with Crippen molar-refractivity contribution in [3.05, 3.63) is 0 Å². The van der Waals surface area contributed by atoms with Crippen LogP contribution in [0, 0.1) is 0 Å². The van der Waals surface area contributed by atoms with E-state index in [-0.39, 0.29) is 36.9 Å². The zero-order valence-corrected chi connectivity index (χ0v) is 11.6. The van der Waals surface area contributed by atoms with Gasteiger partial charge >= 0.3 is 41.5 Å². The molecule has 0 amide bonds. The van der Waals surface area contributed by atoms with Crippen molar-refractivity contribution in [1.29, 1.82) is 0 Å². The van der Waals surface area contributed by atoms with Crippen LogP contribution < -0.4 is 46.8 Å². The third-order valence-corrected chi connectivity index (χ3v) is 1.51. The van der Waals surface area contributed by atoms with Gasteiger partial charge in [0.1, 0.15) is 6.04 Å². The largest absolute Gasteiger partial charge is 1.00 e. The molecule has 0 saturated heterocycles. The summed E-state index contributed by atoms with van der Waals surface area (Å²) in [6.07, 6.45) is 0.912. The molecular formula is C8H17N4NaO3. The molecule has 6 N–H and O–H groups in total. The van der Waals surface area contributed by atoms with Crippen molar-refractivity contribution in [1.82, 2.24) is 0 Å². The van der Waals surface area contributed by atoms with Crippen molar-refractivity contribution in [3.63, 3.8) is 0 Å². The number of carbonyl (C=O) groups is 2. The summed E-state index contributed by atoms with van der Waals surface area (Å²) in [5.41, 5.74) is 15.6. The van der Waals surface area contributed by atoms with E-state index in [0.717, 1.165) is 6.92 Å². The monoisotopic (exact) mass is 240 g/mol. The summed E-state index contributed by atoms with van der Waals surface area (Å²) in [5, 5.41) is 0. The van der Waals surface area contributed by atoms with Crippen LogP contribution in [-0.4, -0.2) is 30.5 Å². The number of aliphatic imine (C=N–C) groups is 1. The summed E-state index contributed by atoms with van der Waals surface area (Å²) < 4.78 is 4.30. The van der Waals surface area contributed by atoms with Crippen LogP contribution in [-0.2, 0) is 14.3 Å². The van der Waals surface area contributed by atoms with Crippen LogP contribution in [0.15, 0.2) is 4.99 Å². The fourth-order valence-corrected chi connectivity index (χ4v) is 0.855. The summed E-state index contributed by atoms with van der Waals surface area (Å²) in [5.74, 6) is -1.40. The van der Waals surface area contributed by atoms with Crippen LogP contribution in [0.4, 0.5) is 0 Å². The van der Waals surface area contributed by atoms with E-state index in [0.29, 0.717) is 19.4 Å². The zero-order valence-electron chi connectivity index (χ0n) is 10.6. The van der Waals surface area contributed by atoms with Crippen molar-refractivity contribution in [2.45, 2.75) is 25.8 Å². The summed E-state index contributed by atoms with van der Waals surface area (Å²) in [7, 11) is 0. The number of carbonyl (C=O) groups excluding carboxylic acids is 2. The molecule has 0 aliphatic rings. The second-order valence-corrected chi connectivity index (χ2v) is 2.97. The van der Waals surface area contributed by atoms with Gasteiger partial charge in [-0.15, -0.1) is 0 Å². The second-order valence-electron chi connectivity index (χ2n) is 2.97. The van der Waals surface area contributed by atoms with E-state index < -0.39 is 18.0 Å². The molecule has 0 saturated carbocycles. The Hall–Kier alpha value is -0.630. The third kappa shape index (κ3) is 9.91. The number of esters is 2. The fourth-order valence-electron chi connectivity index (χ4n) is 0.855. The van der Waals surface area contributed by atoms with Crippen molar-refractivity contribution >= 4 is 17.9 Å². The molecular weight excluding hydrogens is 223 g/mol. The molecule has 0 aromatic heterocycles. The molecule has 7 nitrogen and oxygen atoms in total. The minimum absolute atomic E-state index is 0. The molecule has 1 atom stereocenters. The van der Waals surface area contributed by atoms with Crippen molar-refractivity contribution < 1.29 is 45.3 Å². The molecule has 0 aliphatic carbocycles. The second kappa shape index (κ2) is 9.59. The maximum atomic E-state index is 11.0. The van der Waals surface area contributed by atoms with Gasteiger partial charge in [-0.3, -0.25) is 9.79 Å². The van der Waals surface area contributed by atoms with Crippen LogP contribution in [0.2, 0.25) is 0 Å². The van der Waals surface area contributed by atoms with Crippen LogP contribution in [0.5, 0.6) is 0 Å². The molecule has 0 spiro atoms. The van der Waals surface area contributed by atoms with Crippen LogP contribution >= 0.6 is 0 Å². The Morgan fingerprint density at radius 2 is 2.00 bits per heavy atom. The third-order valence-electron chi connectivity index (χ3n) is 1.51. The first-order valence-electron chi connectivity index (χ1n) is 4.46. The summed E-state index contributed by atoms with van der Waals surface area (Å²) in [4.78, 5) is 25.2. The van der Waals surface area contributed by atoms with E-state index in [2.05, 4.69) is 9.73 Å². The predicted octanol–water partition coefficient (Wildman–Crippen LogP) is -4.43. The van der Waals surface area contributed by atoms with Crippen molar-refractivity contribution in [3.8, 4) is 0 Å². The molecule has 88 valence electrons. The zero-order chi connectivity index (χ0) is 11.8. The number of hydrogen-bond acceptors (Lipinski definition) is 5. The van der Waals surface area contributed by atoms with Gasteiger partial charge in [-0.1, -0.05) is 0 Å². The Morgan fingerprint density at radius 3 is 2.44 bits per heavy atom. The Kier molecular flexibility index (Phi) is 10.6. The van der Waals surface area contributed by atoms with Gasteiger partial charge in [0.2, 0.25) is 0 Å². The van der Waals surface area contributed by atoms with Gasteiger partial charge < -0.3 is 23.4 Å². The predicted molar refractivity (Wildman–Crippen MR) is 55.8 cm³/mol. The Morgan fingerprint density at radius 1 is 1.44 bits per heavy atom. The number of nitrogens with zero attached hydrogens (tertiary/aromatic N) is 1. The first-order valence-corrected chi connectivity index (χ1v) is 4.46. The van der Waals surface area contributed by atoms with Gasteiger partial charge in [-0.25, -0.2) is 4.79 Å².